The van der Waals surface area contributed by atoms with E-state index in [1.807, 2.05) is 5.38 Å². The number of esters is 1. The van der Waals surface area contributed by atoms with Gasteiger partial charge in [-0.25, -0.2) is 14.2 Å². The van der Waals surface area contributed by atoms with E-state index in [1.54, 1.807) is 19.2 Å². The van der Waals surface area contributed by atoms with Gasteiger partial charge in [-0.05, 0) is 50.6 Å². The molecule has 0 aliphatic carbocycles. The quantitative estimate of drug-likeness (QED) is 0.617. The minimum atomic E-state index is -0.621. The molecule has 1 aromatic heterocycles. The maximum Gasteiger partial charge on any atom is 0.338 e. The molecule has 0 spiro atoms. The number of halogens is 2. The van der Waals surface area contributed by atoms with Crippen molar-refractivity contribution < 1.29 is 13.9 Å². The van der Waals surface area contributed by atoms with Crippen molar-refractivity contribution in [1.82, 2.24) is 15.6 Å². The fourth-order valence-corrected chi connectivity index (χ4v) is 4.98. The number of carbonyl (C=O) groups excluding carboxylic acids is 1. The van der Waals surface area contributed by atoms with Crippen molar-refractivity contribution in [1.29, 1.82) is 0 Å². The van der Waals surface area contributed by atoms with Crippen LogP contribution in [-0.4, -0.2) is 36.5 Å². The summed E-state index contributed by atoms with van der Waals surface area (Å²) in [5, 5.41) is 9.40. The third-order valence-electron chi connectivity index (χ3n) is 5.21. The molecule has 0 bridgehead atoms. The Bertz CT molecular complexity index is 987. The lowest BCUT2D eigenvalue weighted by molar-refractivity contribution is -0.139. The zero-order valence-corrected chi connectivity index (χ0v) is 18.9. The van der Waals surface area contributed by atoms with E-state index in [0.717, 1.165) is 36.6 Å². The lowest BCUT2D eigenvalue weighted by Crippen LogP contribution is -2.40. The molecule has 9 heteroatoms. The van der Waals surface area contributed by atoms with Crippen molar-refractivity contribution in [3.05, 3.63) is 61.9 Å². The average molecular weight is 493 g/mol. The van der Waals surface area contributed by atoms with Gasteiger partial charge in [0.25, 0.3) is 0 Å². The van der Waals surface area contributed by atoms with E-state index in [-0.39, 0.29) is 18.3 Å². The highest BCUT2D eigenvalue weighted by atomic mass is 79.9. The summed E-state index contributed by atoms with van der Waals surface area (Å²) >= 11 is 4.93. The van der Waals surface area contributed by atoms with E-state index in [4.69, 9.17) is 9.73 Å². The lowest BCUT2D eigenvalue weighted by Gasteiger charge is -2.33. The molecule has 30 heavy (non-hydrogen) atoms. The van der Waals surface area contributed by atoms with Crippen LogP contribution in [0.5, 0.6) is 0 Å². The molecular formula is C21H22BrFN4O2S. The maximum absolute atomic E-state index is 13.8. The van der Waals surface area contributed by atoms with Crippen molar-refractivity contribution >= 4 is 39.1 Å². The van der Waals surface area contributed by atoms with Gasteiger partial charge in [0.1, 0.15) is 11.9 Å². The Morgan fingerprint density at radius 1 is 1.37 bits per heavy atom. The molecule has 1 saturated heterocycles. The molecule has 1 fully saturated rings. The first kappa shape index (κ1) is 21.1. The number of hydrogen-bond acceptors (Lipinski definition) is 7. The van der Waals surface area contributed by atoms with Crippen LogP contribution in [-0.2, 0) is 9.53 Å². The zero-order valence-electron chi connectivity index (χ0n) is 16.5. The number of aliphatic imine (C=N–C) groups is 1. The summed E-state index contributed by atoms with van der Waals surface area (Å²) in [5.41, 5.74) is 2.02. The monoisotopic (exact) mass is 492 g/mol. The van der Waals surface area contributed by atoms with Gasteiger partial charge < -0.3 is 15.4 Å². The van der Waals surface area contributed by atoms with Gasteiger partial charge >= 0.3 is 5.97 Å². The normalized spacial score (nSPS) is 20.0. The first-order valence-electron chi connectivity index (χ1n) is 9.90. The minimum absolute atomic E-state index is 0.165. The summed E-state index contributed by atoms with van der Waals surface area (Å²) in [5.74, 6) is 0.0243. The van der Waals surface area contributed by atoms with Crippen molar-refractivity contribution in [2.75, 3.05) is 19.7 Å². The standard InChI is InChI=1S/C21H22BrFN4O2S/c1-2-29-21(28)16-17(12-5-7-24-8-6-12)26-19(20-25-9-10-30-20)27-18(16)14-4-3-13(23)11-15(14)22/h3-4,9-12,18,24H,2,5-8H2,1H3,(H,26,27). The van der Waals surface area contributed by atoms with E-state index >= 15 is 0 Å². The van der Waals surface area contributed by atoms with Crippen molar-refractivity contribution in [2.24, 2.45) is 10.9 Å². The third kappa shape index (κ3) is 4.33. The number of carbonyl (C=O) groups is 1. The Labute approximate surface area is 186 Å². The molecule has 2 aliphatic heterocycles. The van der Waals surface area contributed by atoms with E-state index in [9.17, 15) is 9.18 Å². The molecule has 0 saturated carbocycles. The van der Waals surface area contributed by atoms with Crippen molar-refractivity contribution in [2.45, 2.75) is 25.8 Å². The summed E-state index contributed by atoms with van der Waals surface area (Å²) in [4.78, 5) is 22.3. The second-order valence-corrected chi connectivity index (χ2v) is 8.83. The average Bonchev–Trinajstić information content (AvgIpc) is 3.29. The molecule has 3 heterocycles. The molecule has 4 rings (SSSR count). The fourth-order valence-electron chi connectivity index (χ4n) is 3.83. The molecule has 2 aliphatic rings. The number of aromatic nitrogens is 1. The summed E-state index contributed by atoms with van der Waals surface area (Å²) in [6, 6.07) is 3.82. The van der Waals surface area contributed by atoms with Gasteiger partial charge in [-0.1, -0.05) is 22.0 Å². The summed E-state index contributed by atoms with van der Waals surface area (Å²) in [7, 11) is 0. The van der Waals surface area contributed by atoms with Crippen LogP contribution in [0.4, 0.5) is 4.39 Å². The Hall–Kier alpha value is -2.10. The van der Waals surface area contributed by atoms with Gasteiger partial charge in [-0.15, -0.1) is 11.3 Å². The van der Waals surface area contributed by atoms with Crippen LogP contribution in [0.25, 0.3) is 0 Å². The Kier molecular flexibility index (Phi) is 6.60. The van der Waals surface area contributed by atoms with E-state index < -0.39 is 12.0 Å². The number of benzene rings is 1. The summed E-state index contributed by atoms with van der Waals surface area (Å²) in [6.07, 6.45) is 3.52. The topological polar surface area (TPSA) is 75.6 Å². The molecule has 2 N–H and O–H groups in total. The van der Waals surface area contributed by atoms with Crippen LogP contribution in [0.15, 0.2) is 50.5 Å². The van der Waals surface area contributed by atoms with Crippen LogP contribution >= 0.6 is 27.3 Å². The van der Waals surface area contributed by atoms with E-state index in [2.05, 4.69) is 31.5 Å². The van der Waals surface area contributed by atoms with Crippen LogP contribution in [0.1, 0.15) is 36.4 Å². The number of rotatable bonds is 5. The minimum Gasteiger partial charge on any atom is -0.463 e. The molecule has 1 atom stereocenters. The predicted molar refractivity (Wildman–Crippen MR) is 118 cm³/mol. The maximum atomic E-state index is 13.8. The predicted octanol–water partition coefficient (Wildman–Crippen LogP) is 3.95. The van der Waals surface area contributed by atoms with Gasteiger partial charge in [0.2, 0.25) is 0 Å². The van der Waals surface area contributed by atoms with Crippen LogP contribution < -0.4 is 10.6 Å². The van der Waals surface area contributed by atoms with Gasteiger partial charge in [-0.2, -0.15) is 0 Å². The fraction of sp³-hybridized carbons (Fsp3) is 0.381. The number of thiazole rings is 1. The Morgan fingerprint density at radius 2 is 2.17 bits per heavy atom. The highest BCUT2D eigenvalue weighted by Crippen LogP contribution is 2.39. The zero-order chi connectivity index (χ0) is 21.1. The lowest BCUT2D eigenvalue weighted by atomic mass is 9.86. The molecule has 1 aromatic carbocycles. The van der Waals surface area contributed by atoms with Crippen LogP contribution in [0.2, 0.25) is 0 Å². The Balaban J connectivity index is 1.87. The highest BCUT2D eigenvalue weighted by molar-refractivity contribution is 9.10. The third-order valence-corrected chi connectivity index (χ3v) is 6.68. The molecule has 1 unspecified atom stereocenters. The van der Waals surface area contributed by atoms with Crippen molar-refractivity contribution in [3.8, 4) is 0 Å². The first-order chi connectivity index (χ1) is 14.6. The van der Waals surface area contributed by atoms with Gasteiger partial charge in [0.15, 0.2) is 10.8 Å². The van der Waals surface area contributed by atoms with Crippen LogP contribution in [0.3, 0.4) is 0 Å². The number of piperidine rings is 1. The van der Waals surface area contributed by atoms with Crippen molar-refractivity contribution in [3.63, 3.8) is 0 Å². The molecule has 6 nitrogen and oxygen atoms in total. The number of ether oxygens (including phenoxy) is 1. The number of nitrogens with one attached hydrogen (secondary N) is 2. The summed E-state index contributed by atoms with van der Waals surface area (Å²) < 4.78 is 19.7. The second kappa shape index (κ2) is 9.36. The molecule has 0 amide bonds. The first-order valence-corrected chi connectivity index (χ1v) is 11.6. The highest BCUT2D eigenvalue weighted by Gasteiger charge is 2.36. The molecular weight excluding hydrogens is 471 g/mol. The van der Waals surface area contributed by atoms with Gasteiger partial charge in [0, 0.05) is 27.7 Å². The number of nitrogens with zero attached hydrogens (tertiary/aromatic N) is 2. The second-order valence-electron chi connectivity index (χ2n) is 7.08. The smallest absolute Gasteiger partial charge is 0.338 e. The van der Waals surface area contributed by atoms with Gasteiger partial charge in [-0.3, -0.25) is 4.99 Å². The summed E-state index contributed by atoms with van der Waals surface area (Å²) in [6.45, 7) is 3.80. The SMILES string of the molecule is CCOC(=O)C1=C(C2CCNCC2)NC(c2nccs2)=NC1c1ccc(F)cc1Br. The molecule has 158 valence electrons. The molecule has 0 radical (unpaired) electrons. The Morgan fingerprint density at radius 3 is 2.83 bits per heavy atom. The van der Waals surface area contributed by atoms with Crippen LogP contribution in [0, 0.1) is 11.7 Å². The van der Waals surface area contributed by atoms with E-state index in [0.29, 0.717) is 21.4 Å². The van der Waals surface area contributed by atoms with Gasteiger partial charge in [0.05, 0.1) is 12.2 Å². The number of hydrogen-bond donors (Lipinski definition) is 2. The largest absolute Gasteiger partial charge is 0.463 e. The van der Waals surface area contributed by atoms with E-state index in [1.165, 1.54) is 23.5 Å². The number of allylic oxidation sites excluding steroid dienone is 1. The molecule has 2 aromatic rings. The number of amidine groups is 1.